The third-order valence-electron chi connectivity index (χ3n) is 1.97. The van der Waals surface area contributed by atoms with Crippen LogP contribution in [0.1, 0.15) is 20.7 Å². The van der Waals surface area contributed by atoms with Crippen LogP contribution >= 0.6 is 0 Å². The smallest absolute Gasteiger partial charge is 0.248 e. The van der Waals surface area contributed by atoms with Crippen molar-refractivity contribution in [2.45, 2.75) is 0 Å². The second kappa shape index (κ2) is 5.49. The molecule has 9 nitrogen and oxygen atoms in total. The van der Waals surface area contributed by atoms with E-state index >= 15 is 0 Å². The molecular weight excluding hydrogens is 250 g/mol. The fraction of sp³-hybridized carbons (Fsp3) is 0. The van der Waals surface area contributed by atoms with Crippen LogP contribution < -0.4 is 28.7 Å². The van der Waals surface area contributed by atoms with Crippen molar-refractivity contribution in [2.75, 3.05) is 0 Å². The zero-order valence-corrected chi connectivity index (χ0v) is 9.83. The maximum Gasteiger partial charge on any atom is 0.248 e. The predicted octanol–water partition coefficient (Wildman–Crippen LogP) is -1.90. The number of aliphatic imine (C=N–C) groups is 2. The van der Waals surface area contributed by atoms with Crippen LogP contribution in [0.2, 0.25) is 0 Å². The molecule has 100 valence electrons. The van der Waals surface area contributed by atoms with Gasteiger partial charge in [-0.15, -0.1) is 0 Å². The SMILES string of the molecule is NC(=O)c1cc(N=C(N)N=C(N)N)cc(C(N)=O)c1. The quantitative estimate of drug-likeness (QED) is 0.314. The van der Waals surface area contributed by atoms with E-state index in [0.29, 0.717) is 0 Å². The van der Waals surface area contributed by atoms with Crippen molar-refractivity contribution >= 4 is 29.4 Å². The number of carbonyl (C=O) groups is 2. The summed E-state index contributed by atoms with van der Waals surface area (Å²) >= 11 is 0. The number of benzene rings is 1. The molecule has 2 amide bonds. The molecule has 0 radical (unpaired) electrons. The second-order valence-corrected chi connectivity index (χ2v) is 3.50. The summed E-state index contributed by atoms with van der Waals surface area (Å²) in [7, 11) is 0. The van der Waals surface area contributed by atoms with E-state index in [1.807, 2.05) is 0 Å². The average molecular weight is 263 g/mol. The lowest BCUT2D eigenvalue weighted by Gasteiger charge is -2.03. The summed E-state index contributed by atoms with van der Waals surface area (Å²) < 4.78 is 0. The number of nitrogens with two attached hydrogens (primary N) is 5. The van der Waals surface area contributed by atoms with Crippen molar-refractivity contribution in [1.82, 2.24) is 0 Å². The zero-order chi connectivity index (χ0) is 14.6. The van der Waals surface area contributed by atoms with Crippen molar-refractivity contribution in [3.63, 3.8) is 0 Å². The third kappa shape index (κ3) is 4.00. The van der Waals surface area contributed by atoms with Gasteiger partial charge in [0.1, 0.15) is 0 Å². The summed E-state index contributed by atoms with van der Waals surface area (Å²) in [6.45, 7) is 0. The van der Waals surface area contributed by atoms with Crippen LogP contribution in [-0.4, -0.2) is 23.7 Å². The van der Waals surface area contributed by atoms with Gasteiger partial charge in [0, 0.05) is 11.1 Å². The van der Waals surface area contributed by atoms with Gasteiger partial charge in [0.25, 0.3) is 0 Å². The molecule has 0 atom stereocenters. The number of hydrogen-bond donors (Lipinski definition) is 5. The Hall–Kier alpha value is -3.10. The molecule has 0 aliphatic heterocycles. The highest BCUT2D eigenvalue weighted by Crippen LogP contribution is 2.17. The highest BCUT2D eigenvalue weighted by atomic mass is 16.1. The fourth-order valence-corrected chi connectivity index (χ4v) is 1.25. The largest absolute Gasteiger partial charge is 0.370 e. The standard InChI is InChI=1S/C10H13N7O2/c11-7(18)4-1-5(8(12)19)3-6(2-4)16-10(15)17-9(13)14/h1-3H,(H2,11,18)(H2,12,19)(H6,13,14,15,16,17). The van der Waals surface area contributed by atoms with E-state index in [2.05, 4.69) is 9.98 Å². The minimum absolute atomic E-state index is 0.0625. The normalized spacial score (nSPS) is 10.8. The Balaban J connectivity index is 3.31. The molecule has 1 aromatic carbocycles. The third-order valence-corrected chi connectivity index (χ3v) is 1.97. The number of guanidine groups is 2. The number of rotatable bonds is 3. The van der Waals surface area contributed by atoms with Gasteiger partial charge >= 0.3 is 0 Å². The van der Waals surface area contributed by atoms with Crippen molar-refractivity contribution in [2.24, 2.45) is 38.7 Å². The van der Waals surface area contributed by atoms with Crippen molar-refractivity contribution in [3.8, 4) is 0 Å². The molecule has 1 aromatic rings. The summed E-state index contributed by atoms with van der Waals surface area (Å²) in [5, 5.41) is 0. The van der Waals surface area contributed by atoms with Crippen LogP contribution in [0.5, 0.6) is 0 Å². The molecule has 0 heterocycles. The van der Waals surface area contributed by atoms with Gasteiger partial charge in [0.2, 0.25) is 17.8 Å². The van der Waals surface area contributed by atoms with Crippen LogP contribution in [0, 0.1) is 0 Å². The van der Waals surface area contributed by atoms with Gasteiger partial charge in [0.15, 0.2) is 5.96 Å². The molecule has 0 saturated heterocycles. The number of nitrogens with zero attached hydrogens (tertiary/aromatic N) is 2. The molecule has 9 heteroatoms. The van der Waals surface area contributed by atoms with E-state index in [1.54, 1.807) is 0 Å². The number of carbonyl (C=O) groups excluding carboxylic acids is 2. The number of primary amides is 2. The summed E-state index contributed by atoms with van der Waals surface area (Å²) in [5.74, 6) is -1.99. The molecule has 0 spiro atoms. The second-order valence-electron chi connectivity index (χ2n) is 3.50. The van der Waals surface area contributed by atoms with Crippen LogP contribution in [0.25, 0.3) is 0 Å². The molecule has 0 aromatic heterocycles. The number of hydrogen-bond acceptors (Lipinski definition) is 3. The first-order valence-corrected chi connectivity index (χ1v) is 4.98. The number of amides is 2. The molecule has 0 bridgehead atoms. The van der Waals surface area contributed by atoms with E-state index in [1.165, 1.54) is 18.2 Å². The van der Waals surface area contributed by atoms with Gasteiger partial charge in [0.05, 0.1) is 5.69 Å². The minimum Gasteiger partial charge on any atom is -0.370 e. The molecule has 19 heavy (non-hydrogen) atoms. The van der Waals surface area contributed by atoms with Gasteiger partial charge in [-0.1, -0.05) is 0 Å². The summed E-state index contributed by atoms with van der Waals surface area (Å²) in [4.78, 5) is 29.5. The maximum atomic E-state index is 11.1. The predicted molar refractivity (Wildman–Crippen MR) is 70.6 cm³/mol. The average Bonchev–Trinajstić information content (AvgIpc) is 2.26. The monoisotopic (exact) mass is 263 g/mol. The van der Waals surface area contributed by atoms with E-state index in [-0.39, 0.29) is 28.7 Å². The fourth-order valence-electron chi connectivity index (χ4n) is 1.25. The van der Waals surface area contributed by atoms with Gasteiger partial charge in [-0.05, 0) is 18.2 Å². The molecule has 10 N–H and O–H groups in total. The van der Waals surface area contributed by atoms with Crippen LogP contribution in [-0.2, 0) is 0 Å². The molecule has 0 saturated carbocycles. The van der Waals surface area contributed by atoms with E-state index in [0.717, 1.165) is 0 Å². The minimum atomic E-state index is -0.736. The van der Waals surface area contributed by atoms with Crippen LogP contribution in [0.4, 0.5) is 5.69 Å². The Morgan fingerprint density at radius 1 is 0.842 bits per heavy atom. The summed E-state index contributed by atoms with van der Waals surface area (Å²) in [6.07, 6.45) is 0. The highest BCUT2D eigenvalue weighted by molar-refractivity contribution is 6.00. The Bertz CT molecular complexity index is 555. The van der Waals surface area contributed by atoms with Gasteiger partial charge < -0.3 is 28.7 Å². The Morgan fingerprint density at radius 3 is 1.68 bits per heavy atom. The lowest BCUT2D eigenvalue weighted by Crippen LogP contribution is -2.26. The van der Waals surface area contributed by atoms with Crippen molar-refractivity contribution in [3.05, 3.63) is 29.3 Å². The first-order valence-electron chi connectivity index (χ1n) is 4.98. The van der Waals surface area contributed by atoms with E-state index < -0.39 is 11.8 Å². The zero-order valence-electron chi connectivity index (χ0n) is 9.83. The Labute approximate surface area is 108 Å². The molecular formula is C10H13N7O2. The Kier molecular flexibility index (Phi) is 4.03. The van der Waals surface area contributed by atoms with Crippen molar-refractivity contribution < 1.29 is 9.59 Å². The summed E-state index contributed by atoms with van der Waals surface area (Å²) in [5.41, 5.74) is 26.2. The van der Waals surface area contributed by atoms with Crippen molar-refractivity contribution in [1.29, 1.82) is 0 Å². The molecule has 0 aliphatic carbocycles. The lowest BCUT2D eigenvalue weighted by atomic mass is 10.1. The van der Waals surface area contributed by atoms with Gasteiger partial charge in [-0.2, -0.15) is 4.99 Å². The van der Waals surface area contributed by atoms with E-state index in [9.17, 15) is 9.59 Å². The first-order chi connectivity index (χ1) is 8.79. The first kappa shape index (κ1) is 14.0. The Morgan fingerprint density at radius 2 is 1.32 bits per heavy atom. The molecule has 0 aliphatic rings. The summed E-state index contributed by atoms with van der Waals surface area (Å²) in [6, 6.07) is 3.90. The van der Waals surface area contributed by atoms with Crippen LogP contribution in [0.15, 0.2) is 28.2 Å². The molecule has 1 rings (SSSR count). The highest BCUT2D eigenvalue weighted by Gasteiger charge is 2.09. The molecule has 0 unspecified atom stereocenters. The van der Waals surface area contributed by atoms with Gasteiger partial charge in [-0.25, -0.2) is 4.99 Å². The van der Waals surface area contributed by atoms with Crippen LogP contribution in [0.3, 0.4) is 0 Å². The van der Waals surface area contributed by atoms with E-state index in [4.69, 9.17) is 28.7 Å². The van der Waals surface area contributed by atoms with Gasteiger partial charge in [-0.3, -0.25) is 9.59 Å². The maximum absolute atomic E-state index is 11.1. The topological polar surface area (TPSA) is 189 Å². The lowest BCUT2D eigenvalue weighted by molar-refractivity contribution is 0.0999. The molecule has 0 fully saturated rings.